The number of aryl methyl sites for hydroxylation is 2. The van der Waals surface area contributed by atoms with Gasteiger partial charge < -0.3 is 0 Å². The van der Waals surface area contributed by atoms with E-state index in [1.165, 1.54) is 5.56 Å². The van der Waals surface area contributed by atoms with E-state index in [2.05, 4.69) is 10.5 Å². The molecule has 2 aromatic carbocycles. The summed E-state index contributed by atoms with van der Waals surface area (Å²) in [6, 6.07) is 17.0. The second-order valence-corrected chi connectivity index (χ2v) is 8.38. The maximum Gasteiger partial charge on any atom is 0.260 e. The minimum atomic E-state index is -3.59. The molecular formula is C20H25N3O3S. The number of rotatable bonds is 8. The Morgan fingerprint density at radius 2 is 1.70 bits per heavy atom. The summed E-state index contributed by atoms with van der Waals surface area (Å²) in [6.45, 7) is 3.42. The summed E-state index contributed by atoms with van der Waals surface area (Å²) in [7, 11) is -3.59. The Kier molecular flexibility index (Phi) is 7.12. The Labute approximate surface area is 161 Å². The molecule has 6 nitrogen and oxygen atoms in total. The topological polar surface area (TPSA) is 78.8 Å². The Morgan fingerprint density at radius 1 is 1.07 bits per heavy atom. The quantitative estimate of drug-likeness (QED) is 0.559. The van der Waals surface area contributed by atoms with Gasteiger partial charge in [-0.05, 0) is 44.4 Å². The highest BCUT2D eigenvalue weighted by molar-refractivity contribution is 7.92. The monoisotopic (exact) mass is 387 g/mol. The van der Waals surface area contributed by atoms with Crippen molar-refractivity contribution in [3.63, 3.8) is 0 Å². The van der Waals surface area contributed by atoms with E-state index in [4.69, 9.17) is 0 Å². The molecule has 0 aromatic heterocycles. The molecule has 7 heteroatoms. The van der Waals surface area contributed by atoms with Crippen LogP contribution in [-0.2, 0) is 21.2 Å². The van der Waals surface area contributed by atoms with Crippen LogP contribution in [0.1, 0.15) is 24.5 Å². The second kappa shape index (κ2) is 9.32. The molecule has 0 aliphatic heterocycles. The number of hydrogen-bond donors (Lipinski definition) is 1. The standard InChI is InChI=1S/C20H25N3O3S/c1-16-9-13-19(14-10-16)23(27(3,25)26)15-20(24)22-21-17(2)11-12-18-7-5-4-6-8-18/h4-10,13-14H,11-12,15H2,1-3H3,(H,22,24)/b21-17-. The molecule has 0 saturated carbocycles. The third kappa shape index (κ3) is 6.86. The van der Waals surface area contributed by atoms with E-state index in [1.807, 2.05) is 44.2 Å². The van der Waals surface area contributed by atoms with Gasteiger partial charge >= 0.3 is 0 Å². The molecule has 1 amide bonds. The molecule has 0 radical (unpaired) electrons. The van der Waals surface area contributed by atoms with Gasteiger partial charge in [-0.3, -0.25) is 9.10 Å². The highest BCUT2D eigenvalue weighted by Crippen LogP contribution is 2.17. The molecule has 144 valence electrons. The van der Waals surface area contributed by atoms with Gasteiger partial charge in [-0.1, -0.05) is 48.0 Å². The zero-order valence-corrected chi connectivity index (χ0v) is 16.7. The van der Waals surface area contributed by atoms with Crippen LogP contribution in [0, 0.1) is 6.92 Å². The largest absolute Gasteiger partial charge is 0.271 e. The number of hydrazone groups is 1. The summed E-state index contributed by atoms with van der Waals surface area (Å²) >= 11 is 0. The molecule has 2 rings (SSSR count). The third-order valence-electron chi connectivity index (χ3n) is 4.00. The van der Waals surface area contributed by atoms with Crippen molar-refractivity contribution in [2.45, 2.75) is 26.7 Å². The van der Waals surface area contributed by atoms with Crippen LogP contribution in [0.2, 0.25) is 0 Å². The number of nitrogens with zero attached hydrogens (tertiary/aromatic N) is 2. The minimum Gasteiger partial charge on any atom is -0.271 e. The fourth-order valence-corrected chi connectivity index (χ4v) is 3.32. The molecule has 1 N–H and O–H groups in total. The smallest absolute Gasteiger partial charge is 0.260 e. The zero-order chi connectivity index (χ0) is 19.9. The number of anilines is 1. The number of benzene rings is 2. The summed E-state index contributed by atoms with van der Waals surface area (Å²) in [4.78, 5) is 12.2. The SMILES string of the molecule is C/C(CCc1ccccc1)=N/NC(=O)CN(c1ccc(C)cc1)S(C)(=O)=O. The third-order valence-corrected chi connectivity index (χ3v) is 5.14. The Balaban J connectivity index is 1.96. The maximum atomic E-state index is 12.2. The van der Waals surface area contributed by atoms with Gasteiger partial charge in [0.25, 0.3) is 5.91 Å². The van der Waals surface area contributed by atoms with Gasteiger partial charge in [0.2, 0.25) is 10.0 Å². The number of hydrogen-bond acceptors (Lipinski definition) is 4. The predicted octanol–water partition coefficient (Wildman–Crippen LogP) is 2.89. The summed E-state index contributed by atoms with van der Waals surface area (Å²) in [5.41, 5.74) is 5.87. The average molecular weight is 388 g/mol. The van der Waals surface area contributed by atoms with E-state index in [0.717, 1.165) is 28.3 Å². The number of sulfonamides is 1. The van der Waals surface area contributed by atoms with Crippen LogP contribution in [0.4, 0.5) is 5.69 Å². The lowest BCUT2D eigenvalue weighted by Crippen LogP contribution is -2.39. The summed E-state index contributed by atoms with van der Waals surface area (Å²) in [6.07, 6.45) is 2.61. The molecule has 0 atom stereocenters. The van der Waals surface area contributed by atoms with E-state index in [9.17, 15) is 13.2 Å². The molecule has 0 unspecified atom stereocenters. The number of nitrogens with one attached hydrogen (secondary N) is 1. The molecule has 2 aromatic rings. The van der Waals surface area contributed by atoms with E-state index >= 15 is 0 Å². The molecule has 0 fully saturated rings. The van der Waals surface area contributed by atoms with Gasteiger partial charge in [0.15, 0.2) is 0 Å². The molecular weight excluding hydrogens is 362 g/mol. The van der Waals surface area contributed by atoms with Crippen LogP contribution in [0.15, 0.2) is 59.7 Å². The molecule has 0 saturated heterocycles. The Bertz CT molecular complexity index is 892. The lowest BCUT2D eigenvalue weighted by molar-refractivity contribution is -0.119. The number of amides is 1. The first-order chi connectivity index (χ1) is 12.8. The average Bonchev–Trinajstić information content (AvgIpc) is 2.63. The molecule has 0 spiro atoms. The summed E-state index contributed by atoms with van der Waals surface area (Å²) in [5, 5.41) is 4.08. The van der Waals surface area contributed by atoms with Gasteiger partial charge in [-0.2, -0.15) is 5.10 Å². The van der Waals surface area contributed by atoms with Gasteiger partial charge in [0.1, 0.15) is 6.54 Å². The molecule has 0 heterocycles. The van der Waals surface area contributed by atoms with Crippen LogP contribution < -0.4 is 9.73 Å². The highest BCUT2D eigenvalue weighted by atomic mass is 32.2. The highest BCUT2D eigenvalue weighted by Gasteiger charge is 2.20. The van der Waals surface area contributed by atoms with Crippen LogP contribution >= 0.6 is 0 Å². The fraction of sp³-hybridized carbons (Fsp3) is 0.300. The van der Waals surface area contributed by atoms with Gasteiger partial charge in [-0.15, -0.1) is 0 Å². The van der Waals surface area contributed by atoms with Crippen LogP contribution in [-0.4, -0.2) is 32.8 Å². The van der Waals surface area contributed by atoms with Crippen LogP contribution in [0.25, 0.3) is 0 Å². The van der Waals surface area contributed by atoms with Crippen molar-refractivity contribution in [1.82, 2.24) is 5.43 Å². The molecule has 0 aliphatic rings. The molecule has 0 bridgehead atoms. The van der Waals surface area contributed by atoms with Crippen molar-refractivity contribution in [1.29, 1.82) is 0 Å². The summed E-state index contributed by atoms with van der Waals surface area (Å²) < 4.78 is 25.2. The Hall–Kier alpha value is -2.67. The maximum absolute atomic E-state index is 12.2. The van der Waals surface area contributed by atoms with Crippen molar-refractivity contribution in [3.05, 3.63) is 65.7 Å². The zero-order valence-electron chi connectivity index (χ0n) is 15.8. The van der Waals surface area contributed by atoms with Crippen molar-refractivity contribution in [2.75, 3.05) is 17.1 Å². The van der Waals surface area contributed by atoms with E-state index in [0.29, 0.717) is 12.1 Å². The van der Waals surface area contributed by atoms with Crippen LogP contribution in [0.5, 0.6) is 0 Å². The van der Waals surface area contributed by atoms with Crippen molar-refractivity contribution in [3.8, 4) is 0 Å². The van der Waals surface area contributed by atoms with Crippen molar-refractivity contribution >= 4 is 27.3 Å². The Morgan fingerprint density at radius 3 is 2.30 bits per heavy atom. The first kappa shape index (κ1) is 20.6. The molecule has 27 heavy (non-hydrogen) atoms. The number of carbonyl (C=O) groups excluding carboxylic acids is 1. The van der Waals surface area contributed by atoms with Crippen molar-refractivity contribution < 1.29 is 13.2 Å². The minimum absolute atomic E-state index is 0.322. The van der Waals surface area contributed by atoms with E-state index < -0.39 is 15.9 Å². The first-order valence-electron chi connectivity index (χ1n) is 8.66. The predicted molar refractivity (Wildman–Crippen MR) is 109 cm³/mol. The fourth-order valence-electron chi connectivity index (χ4n) is 2.46. The van der Waals surface area contributed by atoms with Crippen molar-refractivity contribution in [2.24, 2.45) is 5.10 Å². The van der Waals surface area contributed by atoms with Gasteiger partial charge in [0, 0.05) is 5.71 Å². The van der Waals surface area contributed by atoms with Crippen LogP contribution in [0.3, 0.4) is 0 Å². The second-order valence-electron chi connectivity index (χ2n) is 6.47. The van der Waals surface area contributed by atoms with E-state index in [1.54, 1.807) is 24.3 Å². The van der Waals surface area contributed by atoms with Gasteiger partial charge in [0.05, 0.1) is 11.9 Å². The van der Waals surface area contributed by atoms with Gasteiger partial charge in [-0.25, -0.2) is 13.8 Å². The first-order valence-corrected chi connectivity index (χ1v) is 10.5. The lowest BCUT2D eigenvalue weighted by atomic mass is 10.1. The molecule has 0 aliphatic carbocycles. The lowest BCUT2D eigenvalue weighted by Gasteiger charge is -2.21. The normalized spacial score (nSPS) is 11.9. The summed E-state index contributed by atoms with van der Waals surface area (Å²) in [5.74, 6) is -0.486. The number of carbonyl (C=O) groups is 1. The van der Waals surface area contributed by atoms with E-state index in [-0.39, 0.29) is 6.54 Å².